The molecule has 0 aliphatic rings. The Morgan fingerprint density at radius 2 is 1.38 bits per heavy atom. The van der Waals surface area contributed by atoms with E-state index < -0.39 is 35.8 Å². The zero-order valence-electron chi connectivity index (χ0n) is 17.8. The topological polar surface area (TPSA) is 139 Å². The first-order valence-corrected chi connectivity index (χ1v) is 10.0. The fourth-order valence-electron chi connectivity index (χ4n) is 3.03. The lowest BCUT2D eigenvalue weighted by atomic mass is 10.00. The fraction of sp³-hybridized carbons (Fsp3) is 0.571. The molecule has 3 atom stereocenters. The minimum Gasteiger partial charge on any atom is -0.343 e. The van der Waals surface area contributed by atoms with Gasteiger partial charge in [0.1, 0.15) is 12.1 Å². The minimum absolute atomic E-state index is 0.166. The molecule has 29 heavy (non-hydrogen) atoms. The predicted molar refractivity (Wildman–Crippen MR) is 113 cm³/mol. The number of nitrogens with two attached hydrogens (primary N) is 2. The molecule has 8 nitrogen and oxygen atoms in total. The Morgan fingerprint density at radius 1 is 0.828 bits per heavy atom. The van der Waals surface area contributed by atoms with E-state index in [2.05, 4.69) is 16.1 Å². The van der Waals surface area contributed by atoms with Gasteiger partial charge in [-0.05, 0) is 30.2 Å². The second kappa shape index (κ2) is 12.2. The van der Waals surface area contributed by atoms with Crippen molar-refractivity contribution in [3.05, 3.63) is 35.9 Å². The van der Waals surface area contributed by atoms with Gasteiger partial charge in [0.2, 0.25) is 11.8 Å². The van der Waals surface area contributed by atoms with Crippen LogP contribution in [-0.4, -0.2) is 35.8 Å². The van der Waals surface area contributed by atoms with Gasteiger partial charge in [0, 0.05) is 6.42 Å². The van der Waals surface area contributed by atoms with E-state index in [0.29, 0.717) is 12.8 Å². The van der Waals surface area contributed by atoms with Gasteiger partial charge in [-0.2, -0.15) is 0 Å². The molecule has 0 aliphatic heterocycles. The van der Waals surface area contributed by atoms with Gasteiger partial charge in [-0.3, -0.25) is 19.8 Å². The Bertz CT molecular complexity index is 664. The van der Waals surface area contributed by atoms with E-state index in [1.54, 1.807) is 0 Å². The lowest BCUT2D eigenvalue weighted by molar-refractivity contribution is -0.132. The summed E-state index contributed by atoms with van der Waals surface area (Å²) in [6.07, 6.45) is 1.22. The summed E-state index contributed by atoms with van der Waals surface area (Å²) < 4.78 is 0. The summed E-state index contributed by atoms with van der Waals surface area (Å²) in [5.41, 5.74) is 8.94. The summed E-state index contributed by atoms with van der Waals surface area (Å²) in [7, 11) is 0. The Morgan fingerprint density at radius 3 is 1.90 bits per heavy atom. The number of hydrazine groups is 1. The first kappa shape index (κ1) is 24.6. The van der Waals surface area contributed by atoms with Crippen LogP contribution in [-0.2, 0) is 20.8 Å². The molecule has 0 saturated carbocycles. The zero-order chi connectivity index (χ0) is 22.0. The SMILES string of the molecule is CC(C)CC(N)C(=O)NC(Cc1ccccc1)C(=O)NC(CC(C)C)C(=O)NN. The highest BCUT2D eigenvalue weighted by atomic mass is 16.2. The van der Waals surface area contributed by atoms with E-state index in [9.17, 15) is 14.4 Å². The molecule has 3 unspecified atom stereocenters. The van der Waals surface area contributed by atoms with Crippen LogP contribution in [0.15, 0.2) is 30.3 Å². The standard InChI is InChI=1S/C21H35N5O3/c1-13(2)10-16(22)19(27)24-18(12-15-8-6-5-7-9-15)20(28)25-17(11-14(3)4)21(29)26-23/h5-9,13-14,16-18H,10-12,22-23H2,1-4H3,(H,24,27)(H,25,28)(H,26,29). The van der Waals surface area contributed by atoms with Gasteiger partial charge < -0.3 is 16.4 Å². The van der Waals surface area contributed by atoms with Crippen LogP contribution in [0.1, 0.15) is 46.1 Å². The molecule has 1 aromatic rings. The van der Waals surface area contributed by atoms with Crippen LogP contribution in [0.4, 0.5) is 0 Å². The molecule has 0 bridgehead atoms. The summed E-state index contributed by atoms with van der Waals surface area (Å²) in [5.74, 6) is 4.35. The van der Waals surface area contributed by atoms with Gasteiger partial charge in [-0.1, -0.05) is 58.0 Å². The largest absolute Gasteiger partial charge is 0.343 e. The highest BCUT2D eigenvalue weighted by Crippen LogP contribution is 2.09. The van der Waals surface area contributed by atoms with E-state index in [4.69, 9.17) is 11.6 Å². The van der Waals surface area contributed by atoms with Crippen molar-refractivity contribution in [2.75, 3.05) is 0 Å². The van der Waals surface area contributed by atoms with Crippen LogP contribution >= 0.6 is 0 Å². The number of hydrogen-bond acceptors (Lipinski definition) is 5. The average Bonchev–Trinajstić information content (AvgIpc) is 2.66. The van der Waals surface area contributed by atoms with Gasteiger partial charge >= 0.3 is 0 Å². The van der Waals surface area contributed by atoms with Crippen LogP contribution in [0, 0.1) is 11.8 Å². The predicted octanol–water partition coefficient (Wildman–Crippen LogP) is 0.608. The Hall–Kier alpha value is -2.45. The maximum atomic E-state index is 13.0. The lowest BCUT2D eigenvalue weighted by Gasteiger charge is -2.25. The molecule has 1 rings (SSSR count). The molecule has 162 valence electrons. The third-order valence-electron chi connectivity index (χ3n) is 4.46. The van der Waals surface area contributed by atoms with E-state index >= 15 is 0 Å². The molecule has 0 heterocycles. The van der Waals surface area contributed by atoms with Crippen LogP contribution in [0.25, 0.3) is 0 Å². The fourth-order valence-corrected chi connectivity index (χ4v) is 3.03. The number of carbonyl (C=O) groups is 3. The first-order chi connectivity index (χ1) is 13.6. The number of nitrogens with one attached hydrogen (secondary N) is 3. The molecule has 0 aromatic heterocycles. The summed E-state index contributed by atoms with van der Waals surface area (Å²) in [4.78, 5) is 37.5. The maximum Gasteiger partial charge on any atom is 0.256 e. The van der Waals surface area contributed by atoms with E-state index in [-0.39, 0.29) is 18.3 Å². The molecule has 8 heteroatoms. The number of hydrogen-bond donors (Lipinski definition) is 5. The van der Waals surface area contributed by atoms with Crippen molar-refractivity contribution in [3.63, 3.8) is 0 Å². The first-order valence-electron chi connectivity index (χ1n) is 10.0. The van der Waals surface area contributed by atoms with Crippen molar-refractivity contribution in [2.24, 2.45) is 23.4 Å². The molecule has 0 aliphatic carbocycles. The van der Waals surface area contributed by atoms with E-state index in [1.165, 1.54) is 0 Å². The quantitative estimate of drug-likeness (QED) is 0.208. The van der Waals surface area contributed by atoms with Gasteiger partial charge in [0.05, 0.1) is 6.04 Å². The number of benzene rings is 1. The van der Waals surface area contributed by atoms with Crippen molar-refractivity contribution >= 4 is 17.7 Å². The Balaban J connectivity index is 2.97. The summed E-state index contributed by atoms with van der Waals surface area (Å²) in [6.45, 7) is 7.83. The van der Waals surface area contributed by atoms with Gasteiger partial charge in [0.25, 0.3) is 5.91 Å². The van der Waals surface area contributed by atoms with Crippen LogP contribution in [0.2, 0.25) is 0 Å². The van der Waals surface area contributed by atoms with Crippen molar-refractivity contribution < 1.29 is 14.4 Å². The van der Waals surface area contributed by atoms with E-state index in [1.807, 2.05) is 58.0 Å². The second-order valence-electron chi connectivity index (χ2n) is 8.19. The summed E-state index contributed by atoms with van der Waals surface area (Å²) in [6, 6.07) is 6.99. The van der Waals surface area contributed by atoms with Crippen molar-refractivity contribution in [2.45, 2.75) is 65.1 Å². The van der Waals surface area contributed by atoms with Gasteiger partial charge in [-0.15, -0.1) is 0 Å². The van der Waals surface area contributed by atoms with Crippen LogP contribution in [0.3, 0.4) is 0 Å². The maximum absolute atomic E-state index is 13.0. The molecule has 0 spiro atoms. The van der Waals surface area contributed by atoms with Crippen molar-refractivity contribution in [3.8, 4) is 0 Å². The molecule has 3 amide bonds. The summed E-state index contributed by atoms with van der Waals surface area (Å²) in [5, 5.41) is 5.47. The lowest BCUT2D eigenvalue weighted by Crippen LogP contribution is -2.57. The highest BCUT2D eigenvalue weighted by molar-refractivity contribution is 5.93. The number of carbonyl (C=O) groups excluding carboxylic acids is 3. The molecular weight excluding hydrogens is 370 g/mol. The van der Waals surface area contributed by atoms with Crippen LogP contribution < -0.4 is 27.6 Å². The van der Waals surface area contributed by atoms with Crippen molar-refractivity contribution in [1.29, 1.82) is 0 Å². The minimum atomic E-state index is -0.858. The van der Waals surface area contributed by atoms with Crippen molar-refractivity contribution in [1.82, 2.24) is 16.1 Å². The normalized spacial score (nSPS) is 14.2. The number of rotatable bonds is 11. The summed E-state index contributed by atoms with van der Waals surface area (Å²) >= 11 is 0. The zero-order valence-corrected chi connectivity index (χ0v) is 17.8. The van der Waals surface area contributed by atoms with Gasteiger partial charge in [-0.25, -0.2) is 5.84 Å². The second-order valence-corrected chi connectivity index (χ2v) is 8.19. The molecule has 7 N–H and O–H groups in total. The average molecular weight is 406 g/mol. The molecule has 1 aromatic carbocycles. The van der Waals surface area contributed by atoms with Gasteiger partial charge in [0.15, 0.2) is 0 Å². The molecule has 0 fully saturated rings. The molecule has 0 saturated heterocycles. The third kappa shape index (κ3) is 9.06. The van der Waals surface area contributed by atoms with E-state index in [0.717, 1.165) is 5.56 Å². The monoisotopic (exact) mass is 405 g/mol. The Labute approximate surface area is 173 Å². The third-order valence-corrected chi connectivity index (χ3v) is 4.46. The smallest absolute Gasteiger partial charge is 0.256 e. The number of amides is 3. The Kier molecular flexibility index (Phi) is 10.3. The van der Waals surface area contributed by atoms with Crippen LogP contribution in [0.5, 0.6) is 0 Å². The molecular formula is C21H35N5O3. The molecule has 0 radical (unpaired) electrons. The highest BCUT2D eigenvalue weighted by Gasteiger charge is 2.28.